The molecule has 0 unspecified atom stereocenters. The Kier molecular flexibility index (Phi) is 6.01. The SMILES string of the molecule is CCn1c(CNC(C)(C)c2ccc3c(c2)OCO3)nc2cc(S(=O)(=O)N3CCOCC3)ccc21. The van der Waals surface area contributed by atoms with Crippen LogP contribution in [0, 0.1) is 0 Å². The minimum atomic E-state index is -3.57. The van der Waals surface area contributed by atoms with Crippen LogP contribution in [0.15, 0.2) is 41.3 Å². The molecule has 1 fully saturated rings. The fourth-order valence-electron chi connectivity index (χ4n) is 4.43. The predicted octanol–water partition coefficient (Wildman–Crippen LogP) is 2.83. The van der Waals surface area contributed by atoms with Gasteiger partial charge in [0.2, 0.25) is 16.8 Å². The fourth-order valence-corrected chi connectivity index (χ4v) is 5.86. The van der Waals surface area contributed by atoms with Gasteiger partial charge >= 0.3 is 0 Å². The average molecular weight is 487 g/mol. The Balaban J connectivity index is 1.40. The highest BCUT2D eigenvalue weighted by Gasteiger charge is 2.28. The van der Waals surface area contributed by atoms with E-state index in [9.17, 15) is 8.42 Å². The highest BCUT2D eigenvalue weighted by molar-refractivity contribution is 7.89. The number of nitrogens with one attached hydrogen (secondary N) is 1. The van der Waals surface area contributed by atoms with Crippen LogP contribution in [-0.2, 0) is 33.4 Å². The first kappa shape index (κ1) is 23.1. The van der Waals surface area contributed by atoms with E-state index >= 15 is 0 Å². The normalized spacial score (nSPS) is 16.9. The summed E-state index contributed by atoms with van der Waals surface area (Å²) in [4.78, 5) is 5.07. The molecule has 3 aromatic rings. The molecule has 3 heterocycles. The maximum absolute atomic E-state index is 13.1. The quantitative estimate of drug-likeness (QED) is 0.549. The molecule has 1 aromatic heterocycles. The molecule has 10 heteroatoms. The van der Waals surface area contributed by atoms with Crippen molar-refractivity contribution in [2.45, 2.75) is 44.3 Å². The van der Waals surface area contributed by atoms with E-state index in [0.29, 0.717) is 38.4 Å². The number of nitrogens with zero attached hydrogens (tertiary/aromatic N) is 3. The van der Waals surface area contributed by atoms with Gasteiger partial charge in [-0.2, -0.15) is 4.31 Å². The van der Waals surface area contributed by atoms with Crippen molar-refractivity contribution >= 4 is 21.1 Å². The summed E-state index contributed by atoms with van der Waals surface area (Å²) >= 11 is 0. The van der Waals surface area contributed by atoms with Gasteiger partial charge in [0.25, 0.3) is 0 Å². The maximum Gasteiger partial charge on any atom is 0.243 e. The third-order valence-electron chi connectivity index (χ3n) is 6.51. The second kappa shape index (κ2) is 8.84. The molecule has 1 saturated heterocycles. The van der Waals surface area contributed by atoms with Gasteiger partial charge in [-0.25, -0.2) is 13.4 Å². The molecule has 0 amide bonds. The number of ether oxygens (including phenoxy) is 3. The topological polar surface area (TPSA) is 94.9 Å². The van der Waals surface area contributed by atoms with E-state index in [4.69, 9.17) is 19.2 Å². The summed E-state index contributed by atoms with van der Waals surface area (Å²) in [7, 11) is -3.57. The van der Waals surface area contributed by atoms with Crippen LogP contribution >= 0.6 is 0 Å². The van der Waals surface area contributed by atoms with E-state index in [1.165, 1.54) is 4.31 Å². The van der Waals surface area contributed by atoms with Gasteiger partial charge in [-0.1, -0.05) is 6.07 Å². The van der Waals surface area contributed by atoms with Crippen LogP contribution in [0.5, 0.6) is 11.5 Å². The zero-order valence-corrected chi connectivity index (χ0v) is 20.5. The molecule has 9 nitrogen and oxygen atoms in total. The summed E-state index contributed by atoms with van der Waals surface area (Å²) in [5.74, 6) is 2.37. The van der Waals surface area contributed by atoms with E-state index in [1.54, 1.807) is 12.1 Å². The van der Waals surface area contributed by atoms with Crippen molar-refractivity contribution in [1.29, 1.82) is 0 Å². The van der Waals surface area contributed by atoms with Gasteiger partial charge in [0, 0.05) is 25.2 Å². The molecule has 2 aliphatic rings. The smallest absolute Gasteiger partial charge is 0.243 e. The predicted molar refractivity (Wildman–Crippen MR) is 127 cm³/mol. The van der Waals surface area contributed by atoms with Gasteiger partial charge in [-0.05, 0) is 56.7 Å². The molecule has 1 N–H and O–H groups in total. The van der Waals surface area contributed by atoms with Crippen LogP contribution in [0.1, 0.15) is 32.2 Å². The number of fused-ring (bicyclic) bond motifs is 2. The summed E-state index contributed by atoms with van der Waals surface area (Å²) in [6, 6.07) is 11.2. The van der Waals surface area contributed by atoms with Crippen LogP contribution in [0.3, 0.4) is 0 Å². The van der Waals surface area contributed by atoms with Crippen molar-refractivity contribution in [2.75, 3.05) is 33.1 Å². The number of rotatable bonds is 7. The van der Waals surface area contributed by atoms with Crippen molar-refractivity contribution in [3.05, 3.63) is 47.8 Å². The number of aromatic nitrogens is 2. The van der Waals surface area contributed by atoms with E-state index in [-0.39, 0.29) is 17.2 Å². The minimum absolute atomic E-state index is 0.246. The van der Waals surface area contributed by atoms with Gasteiger partial charge in [-0.3, -0.25) is 0 Å². The first-order valence-electron chi connectivity index (χ1n) is 11.5. The molecule has 0 radical (unpaired) electrons. The molecule has 34 heavy (non-hydrogen) atoms. The molecular formula is C24H30N4O5S. The average Bonchev–Trinajstić information content (AvgIpc) is 3.46. The molecule has 0 bridgehead atoms. The number of benzene rings is 2. The lowest BCUT2D eigenvalue weighted by Crippen LogP contribution is -2.40. The van der Waals surface area contributed by atoms with Gasteiger partial charge in [0.05, 0.1) is 35.7 Å². The van der Waals surface area contributed by atoms with Gasteiger partial charge in [0.1, 0.15) is 5.82 Å². The molecule has 0 saturated carbocycles. The largest absolute Gasteiger partial charge is 0.454 e. The first-order valence-corrected chi connectivity index (χ1v) is 13.0. The Hall–Kier alpha value is -2.66. The lowest BCUT2D eigenvalue weighted by atomic mass is 9.94. The third kappa shape index (κ3) is 4.15. The van der Waals surface area contributed by atoms with Crippen LogP contribution < -0.4 is 14.8 Å². The van der Waals surface area contributed by atoms with E-state index in [1.807, 2.05) is 24.3 Å². The van der Waals surface area contributed by atoms with Crippen molar-refractivity contribution in [3.63, 3.8) is 0 Å². The summed E-state index contributed by atoms with van der Waals surface area (Å²) in [6.45, 7) is 9.35. The molecule has 0 atom stereocenters. The van der Waals surface area contributed by atoms with Gasteiger partial charge in [-0.15, -0.1) is 0 Å². The number of morpholine rings is 1. The zero-order valence-electron chi connectivity index (χ0n) is 19.7. The van der Waals surface area contributed by atoms with Crippen molar-refractivity contribution < 1.29 is 22.6 Å². The molecule has 0 aliphatic carbocycles. The Morgan fingerprint density at radius 1 is 1.06 bits per heavy atom. The second-order valence-electron chi connectivity index (χ2n) is 8.99. The lowest BCUT2D eigenvalue weighted by Gasteiger charge is -2.27. The maximum atomic E-state index is 13.1. The summed E-state index contributed by atoms with van der Waals surface area (Å²) in [6.07, 6.45) is 0. The number of hydrogen-bond acceptors (Lipinski definition) is 7. The molecule has 0 spiro atoms. The number of imidazole rings is 1. The molecule has 2 aliphatic heterocycles. The van der Waals surface area contributed by atoms with E-state index in [0.717, 1.165) is 34.9 Å². The third-order valence-corrected chi connectivity index (χ3v) is 8.40. The fraction of sp³-hybridized carbons (Fsp3) is 0.458. The van der Waals surface area contributed by atoms with E-state index < -0.39 is 10.0 Å². The van der Waals surface area contributed by atoms with Crippen LogP contribution in [-0.4, -0.2) is 55.4 Å². The zero-order chi connectivity index (χ0) is 23.9. The van der Waals surface area contributed by atoms with Crippen LogP contribution in [0.4, 0.5) is 0 Å². The van der Waals surface area contributed by atoms with Crippen LogP contribution in [0.2, 0.25) is 0 Å². The van der Waals surface area contributed by atoms with Gasteiger partial charge in [0.15, 0.2) is 11.5 Å². The molecule has 2 aromatic carbocycles. The minimum Gasteiger partial charge on any atom is -0.454 e. The summed E-state index contributed by atoms with van der Waals surface area (Å²) < 4.78 is 46.0. The summed E-state index contributed by atoms with van der Waals surface area (Å²) in [5.41, 5.74) is 2.33. The number of hydrogen-bond donors (Lipinski definition) is 1. The Morgan fingerprint density at radius 2 is 1.82 bits per heavy atom. The number of sulfonamides is 1. The monoisotopic (exact) mass is 486 g/mol. The second-order valence-corrected chi connectivity index (χ2v) is 10.9. The number of aryl methyl sites for hydroxylation is 1. The molecular weight excluding hydrogens is 456 g/mol. The van der Waals surface area contributed by atoms with Crippen molar-refractivity contribution in [2.24, 2.45) is 0 Å². The highest BCUT2D eigenvalue weighted by atomic mass is 32.2. The first-order chi connectivity index (χ1) is 16.3. The highest BCUT2D eigenvalue weighted by Crippen LogP contribution is 2.35. The van der Waals surface area contributed by atoms with Crippen LogP contribution in [0.25, 0.3) is 11.0 Å². The lowest BCUT2D eigenvalue weighted by molar-refractivity contribution is 0.0730. The van der Waals surface area contributed by atoms with E-state index in [2.05, 4.69) is 30.7 Å². The Labute approximate surface area is 199 Å². The Morgan fingerprint density at radius 3 is 2.59 bits per heavy atom. The molecule has 182 valence electrons. The Bertz CT molecular complexity index is 1310. The molecule has 5 rings (SSSR count). The summed E-state index contributed by atoms with van der Waals surface area (Å²) in [5, 5.41) is 3.59. The van der Waals surface area contributed by atoms with Crippen molar-refractivity contribution in [3.8, 4) is 11.5 Å². The van der Waals surface area contributed by atoms with Crippen molar-refractivity contribution in [1.82, 2.24) is 19.2 Å². The van der Waals surface area contributed by atoms with Gasteiger partial charge < -0.3 is 24.1 Å². The standard InChI is InChI=1S/C24H30N4O5S/c1-4-28-20-7-6-18(34(29,30)27-9-11-31-12-10-27)14-19(20)26-23(28)15-25-24(2,3)17-5-8-21-22(13-17)33-16-32-21/h5-8,13-14,25H,4,9-12,15-16H2,1-3H3.